The largest absolute Gasteiger partial charge is 0.497 e. The highest BCUT2D eigenvalue weighted by molar-refractivity contribution is 5.84. The highest BCUT2D eigenvalue weighted by atomic mass is 16.5. The maximum atomic E-state index is 11.3. The van der Waals surface area contributed by atoms with Crippen LogP contribution in [-0.2, 0) is 0 Å². The SMILES string of the molecule is COc1ccc(-c2c(C=O)nnn2-c2ccc(C)c(C)c2)cc1. The third kappa shape index (κ3) is 2.73. The molecule has 0 fully saturated rings. The van der Waals surface area contributed by atoms with Gasteiger partial charge in [0.15, 0.2) is 12.0 Å². The zero-order chi connectivity index (χ0) is 16.4. The number of methoxy groups -OCH3 is 1. The minimum absolute atomic E-state index is 0.313. The molecule has 5 nitrogen and oxygen atoms in total. The molecular formula is C18H17N3O2. The molecule has 3 aromatic rings. The maximum Gasteiger partial charge on any atom is 0.172 e. The van der Waals surface area contributed by atoms with Gasteiger partial charge in [-0.2, -0.15) is 0 Å². The molecule has 0 radical (unpaired) electrons. The van der Waals surface area contributed by atoms with Crippen molar-refractivity contribution in [3.8, 4) is 22.7 Å². The number of carbonyl (C=O) groups excluding carboxylic acids is 1. The van der Waals surface area contributed by atoms with Crippen molar-refractivity contribution in [2.75, 3.05) is 7.11 Å². The third-order valence-electron chi connectivity index (χ3n) is 3.91. The van der Waals surface area contributed by atoms with Gasteiger partial charge < -0.3 is 4.74 Å². The van der Waals surface area contributed by atoms with E-state index >= 15 is 0 Å². The average Bonchev–Trinajstić information content (AvgIpc) is 3.01. The van der Waals surface area contributed by atoms with Gasteiger partial charge in [0, 0.05) is 5.56 Å². The van der Waals surface area contributed by atoms with Crippen molar-refractivity contribution in [2.24, 2.45) is 0 Å². The number of hydrogen-bond donors (Lipinski definition) is 0. The van der Waals surface area contributed by atoms with Crippen LogP contribution in [0, 0.1) is 13.8 Å². The van der Waals surface area contributed by atoms with Gasteiger partial charge in [-0.15, -0.1) is 5.10 Å². The highest BCUT2D eigenvalue weighted by Crippen LogP contribution is 2.27. The summed E-state index contributed by atoms with van der Waals surface area (Å²) in [6.45, 7) is 4.10. The molecule has 0 saturated heterocycles. The molecule has 1 heterocycles. The predicted octanol–water partition coefficient (Wildman–Crippen LogP) is 3.37. The molecule has 1 aromatic heterocycles. The predicted molar refractivity (Wildman–Crippen MR) is 88.2 cm³/mol. The number of ether oxygens (including phenoxy) is 1. The molecule has 2 aromatic carbocycles. The van der Waals surface area contributed by atoms with Gasteiger partial charge in [0.2, 0.25) is 0 Å². The van der Waals surface area contributed by atoms with Crippen LogP contribution in [-0.4, -0.2) is 28.4 Å². The second kappa shape index (κ2) is 6.04. The van der Waals surface area contributed by atoms with E-state index in [2.05, 4.69) is 17.2 Å². The lowest BCUT2D eigenvalue weighted by molar-refractivity contribution is 0.111. The lowest BCUT2D eigenvalue weighted by atomic mass is 10.1. The fourth-order valence-corrected chi connectivity index (χ4v) is 2.43. The van der Waals surface area contributed by atoms with Gasteiger partial charge in [-0.1, -0.05) is 11.3 Å². The van der Waals surface area contributed by atoms with E-state index in [1.807, 2.05) is 49.4 Å². The van der Waals surface area contributed by atoms with E-state index in [9.17, 15) is 4.79 Å². The van der Waals surface area contributed by atoms with E-state index < -0.39 is 0 Å². The van der Waals surface area contributed by atoms with E-state index in [0.29, 0.717) is 11.4 Å². The number of nitrogens with zero attached hydrogens (tertiary/aromatic N) is 3. The molecule has 116 valence electrons. The smallest absolute Gasteiger partial charge is 0.172 e. The Hall–Kier alpha value is -2.95. The molecule has 23 heavy (non-hydrogen) atoms. The first-order valence-electron chi connectivity index (χ1n) is 7.27. The fourth-order valence-electron chi connectivity index (χ4n) is 2.43. The number of aldehydes is 1. The first-order valence-corrected chi connectivity index (χ1v) is 7.27. The van der Waals surface area contributed by atoms with E-state index in [4.69, 9.17) is 4.74 Å². The third-order valence-corrected chi connectivity index (χ3v) is 3.91. The molecule has 0 N–H and O–H groups in total. The Morgan fingerprint density at radius 3 is 2.39 bits per heavy atom. The van der Waals surface area contributed by atoms with Crippen molar-refractivity contribution in [3.05, 3.63) is 59.3 Å². The molecule has 0 amide bonds. The minimum atomic E-state index is 0.313. The summed E-state index contributed by atoms with van der Waals surface area (Å²) in [6, 6.07) is 13.5. The van der Waals surface area contributed by atoms with Crippen molar-refractivity contribution < 1.29 is 9.53 Å². The van der Waals surface area contributed by atoms with Gasteiger partial charge in [0.25, 0.3) is 0 Å². The zero-order valence-electron chi connectivity index (χ0n) is 13.3. The van der Waals surface area contributed by atoms with E-state index in [1.54, 1.807) is 11.8 Å². The van der Waals surface area contributed by atoms with Gasteiger partial charge >= 0.3 is 0 Å². The van der Waals surface area contributed by atoms with Crippen LogP contribution < -0.4 is 4.74 Å². The Labute approximate surface area is 134 Å². The quantitative estimate of drug-likeness (QED) is 0.693. The molecule has 0 saturated carbocycles. The molecule has 0 aliphatic carbocycles. The molecular weight excluding hydrogens is 290 g/mol. The zero-order valence-corrected chi connectivity index (χ0v) is 13.3. The molecule has 0 aliphatic rings. The lowest BCUT2D eigenvalue weighted by Crippen LogP contribution is -2.01. The topological polar surface area (TPSA) is 57.0 Å². The van der Waals surface area contributed by atoms with Crippen LogP contribution in [0.2, 0.25) is 0 Å². The van der Waals surface area contributed by atoms with Crippen LogP contribution in [0.15, 0.2) is 42.5 Å². The first-order chi connectivity index (χ1) is 11.1. The molecule has 0 atom stereocenters. The Balaban J connectivity index is 2.16. The Morgan fingerprint density at radius 2 is 1.78 bits per heavy atom. The Kier molecular flexibility index (Phi) is 3.93. The van der Waals surface area contributed by atoms with E-state index in [1.165, 1.54) is 5.56 Å². The minimum Gasteiger partial charge on any atom is -0.497 e. The molecule has 0 unspecified atom stereocenters. The van der Waals surface area contributed by atoms with Crippen LogP contribution in [0.25, 0.3) is 16.9 Å². The molecule has 0 bridgehead atoms. The van der Waals surface area contributed by atoms with Crippen LogP contribution >= 0.6 is 0 Å². The van der Waals surface area contributed by atoms with E-state index in [-0.39, 0.29) is 0 Å². The number of carbonyl (C=O) groups is 1. The van der Waals surface area contributed by atoms with E-state index in [0.717, 1.165) is 28.8 Å². The van der Waals surface area contributed by atoms with Crippen molar-refractivity contribution >= 4 is 6.29 Å². The van der Waals surface area contributed by atoms with Crippen LogP contribution in [0.4, 0.5) is 0 Å². The summed E-state index contributed by atoms with van der Waals surface area (Å²) >= 11 is 0. The van der Waals surface area contributed by atoms with Crippen molar-refractivity contribution in [1.82, 2.24) is 15.0 Å². The molecule has 0 spiro atoms. The summed E-state index contributed by atoms with van der Waals surface area (Å²) in [7, 11) is 1.62. The summed E-state index contributed by atoms with van der Waals surface area (Å²) in [5.41, 5.74) is 5.08. The number of aryl methyl sites for hydroxylation is 2. The van der Waals surface area contributed by atoms with Crippen molar-refractivity contribution in [1.29, 1.82) is 0 Å². The average molecular weight is 307 g/mol. The Bertz CT molecular complexity index is 851. The number of benzene rings is 2. The van der Waals surface area contributed by atoms with Crippen molar-refractivity contribution in [2.45, 2.75) is 13.8 Å². The van der Waals surface area contributed by atoms with Gasteiger partial charge in [0.05, 0.1) is 12.8 Å². The molecule has 5 heteroatoms. The number of hydrogen-bond acceptors (Lipinski definition) is 4. The summed E-state index contributed by atoms with van der Waals surface area (Å²) in [5.74, 6) is 0.756. The van der Waals surface area contributed by atoms with Gasteiger partial charge in [0.1, 0.15) is 11.4 Å². The first kappa shape index (κ1) is 15.0. The standard InChI is InChI=1S/C18H17N3O2/c1-12-4-7-15(10-13(12)2)21-18(17(11-22)19-20-21)14-5-8-16(23-3)9-6-14/h4-11H,1-3H3. The second-order valence-corrected chi connectivity index (χ2v) is 5.35. The number of rotatable bonds is 4. The van der Waals surface area contributed by atoms with Crippen molar-refractivity contribution in [3.63, 3.8) is 0 Å². The number of aromatic nitrogens is 3. The maximum absolute atomic E-state index is 11.3. The van der Waals surface area contributed by atoms with Gasteiger partial charge in [-0.05, 0) is 61.4 Å². The summed E-state index contributed by atoms with van der Waals surface area (Å²) in [4.78, 5) is 11.3. The van der Waals surface area contributed by atoms with Gasteiger partial charge in [-0.25, -0.2) is 4.68 Å². The fraction of sp³-hybridized carbons (Fsp3) is 0.167. The second-order valence-electron chi connectivity index (χ2n) is 5.35. The monoisotopic (exact) mass is 307 g/mol. The molecule has 3 rings (SSSR count). The highest BCUT2D eigenvalue weighted by Gasteiger charge is 2.16. The van der Waals surface area contributed by atoms with Gasteiger partial charge in [-0.3, -0.25) is 4.79 Å². The molecule has 0 aliphatic heterocycles. The Morgan fingerprint density at radius 1 is 1.04 bits per heavy atom. The summed E-state index contributed by atoms with van der Waals surface area (Å²) in [5, 5.41) is 8.15. The summed E-state index contributed by atoms with van der Waals surface area (Å²) in [6.07, 6.45) is 0.726. The lowest BCUT2D eigenvalue weighted by Gasteiger charge is -2.09. The van der Waals surface area contributed by atoms with Crippen LogP contribution in [0.3, 0.4) is 0 Å². The van der Waals surface area contributed by atoms with Crippen LogP contribution in [0.5, 0.6) is 5.75 Å². The normalized spacial score (nSPS) is 10.6. The summed E-state index contributed by atoms with van der Waals surface area (Å²) < 4.78 is 6.87. The van der Waals surface area contributed by atoms with Crippen LogP contribution in [0.1, 0.15) is 21.6 Å².